The van der Waals surface area contributed by atoms with E-state index in [-0.39, 0.29) is 30.0 Å². The number of halogens is 1. The van der Waals surface area contributed by atoms with Gasteiger partial charge in [0, 0.05) is 38.8 Å². The number of guanidine groups is 1. The second-order valence-corrected chi connectivity index (χ2v) is 8.00. The van der Waals surface area contributed by atoms with Crippen molar-refractivity contribution in [2.24, 2.45) is 10.9 Å². The van der Waals surface area contributed by atoms with Crippen LogP contribution in [-0.2, 0) is 0 Å². The van der Waals surface area contributed by atoms with Gasteiger partial charge in [-0.1, -0.05) is 6.92 Å². The predicted molar refractivity (Wildman–Crippen MR) is 122 cm³/mol. The molecule has 1 aromatic heterocycles. The maximum atomic E-state index is 5.72. The van der Waals surface area contributed by atoms with E-state index in [1.807, 2.05) is 13.1 Å². The van der Waals surface area contributed by atoms with Crippen molar-refractivity contribution in [1.82, 2.24) is 20.4 Å². The summed E-state index contributed by atoms with van der Waals surface area (Å²) in [6.45, 7) is 12.2. The van der Waals surface area contributed by atoms with Crippen molar-refractivity contribution < 1.29 is 4.42 Å². The van der Waals surface area contributed by atoms with Gasteiger partial charge in [-0.05, 0) is 57.8 Å². The Bertz CT molecular complexity index is 571. The van der Waals surface area contributed by atoms with E-state index in [0.717, 1.165) is 44.4 Å². The van der Waals surface area contributed by atoms with Crippen molar-refractivity contribution >= 4 is 29.9 Å². The molecular formula is C20H36IN5O. The standard InChI is InChI=1S/C20H35N5O.HI/c1-15(2)25-13-16(3)17(14-25)23-20(21-4)22-12-18(19-8-7-11-26-19)24-9-5-6-10-24;/h7-8,11,15-18H,5-6,9-10,12-14H2,1-4H3,(H2,21,22,23);1H. The first-order chi connectivity index (χ1) is 12.6. The number of aliphatic imine (C=N–C) groups is 1. The number of nitrogens with zero attached hydrogens (tertiary/aromatic N) is 3. The summed E-state index contributed by atoms with van der Waals surface area (Å²) in [6, 6.07) is 5.36. The maximum Gasteiger partial charge on any atom is 0.191 e. The summed E-state index contributed by atoms with van der Waals surface area (Å²) in [5.74, 6) is 2.55. The first kappa shape index (κ1) is 22.5. The van der Waals surface area contributed by atoms with E-state index in [0.29, 0.717) is 18.0 Å². The third kappa shape index (κ3) is 5.84. The van der Waals surface area contributed by atoms with Gasteiger partial charge in [-0.2, -0.15) is 0 Å². The second kappa shape index (κ2) is 10.7. The summed E-state index contributed by atoms with van der Waals surface area (Å²) in [5.41, 5.74) is 0. The molecule has 2 N–H and O–H groups in total. The Hall–Kier alpha value is -0.800. The average Bonchev–Trinajstić information content (AvgIpc) is 3.37. The van der Waals surface area contributed by atoms with Crippen LogP contribution in [-0.4, -0.2) is 67.6 Å². The van der Waals surface area contributed by atoms with Crippen LogP contribution in [0.2, 0.25) is 0 Å². The largest absolute Gasteiger partial charge is 0.468 e. The van der Waals surface area contributed by atoms with Crippen molar-refractivity contribution in [1.29, 1.82) is 0 Å². The molecule has 3 rings (SSSR count). The molecule has 7 heteroatoms. The Morgan fingerprint density at radius 1 is 1.26 bits per heavy atom. The molecule has 0 aliphatic carbocycles. The normalized spacial score (nSPS) is 25.6. The molecule has 2 aliphatic rings. The van der Waals surface area contributed by atoms with Crippen LogP contribution < -0.4 is 10.6 Å². The van der Waals surface area contributed by atoms with Gasteiger partial charge in [0.25, 0.3) is 0 Å². The monoisotopic (exact) mass is 489 g/mol. The van der Waals surface area contributed by atoms with Crippen molar-refractivity contribution in [2.75, 3.05) is 39.8 Å². The van der Waals surface area contributed by atoms with E-state index in [9.17, 15) is 0 Å². The van der Waals surface area contributed by atoms with Gasteiger partial charge >= 0.3 is 0 Å². The van der Waals surface area contributed by atoms with Gasteiger partial charge in [0.05, 0.1) is 12.3 Å². The summed E-state index contributed by atoms with van der Waals surface area (Å²) in [6.07, 6.45) is 4.32. The molecule has 2 saturated heterocycles. The van der Waals surface area contributed by atoms with E-state index in [1.165, 1.54) is 12.8 Å². The summed E-state index contributed by atoms with van der Waals surface area (Å²) in [4.78, 5) is 9.51. The number of likely N-dealkylation sites (tertiary alicyclic amines) is 2. The summed E-state index contributed by atoms with van der Waals surface area (Å²) in [5, 5.41) is 7.18. The average molecular weight is 489 g/mol. The number of hydrogen-bond donors (Lipinski definition) is 2. The molecule has 3 heterocycles. The molecular weight excluding hydrogens is 453 g/mol. The summed E-state index contributed by atoms with van der Waals surface area (Å²) < 4.78 is 5.72. The third-order valence-corrected chi connectivity index (χ3v) is 5.83. The summed E-state index contributed by atoms with van der Waals surface area (Å²) in [7, 11) is 1.85. The van der Waals surface area contributed by atoms with Crippen molar-refractivity contribution in [2.45, 2.75) is 51.7 Å². The molecule has 0 aromatic carbocycles. The molecule has 0 saturated carbocycles. The van der Waals surface area contributed by atoms with Crippen molar-refractivity contribution in [3.8, 4) is 0 Å². The Balaban J connectivity index is 0.00000261. The Labute approximate surface area is 181 Å². The lowest BCUT2D eigenvalue weighted by Gasteiger charge is -2.28. The van der Waals surface area contributed by atoms with Gasteiger partial charge in [-0.25, -0.2) is 0 Å². The maximum absolute atomic E-state index is 5.72. The van der Waals surface area contributed by atoms with Crippen molar-refractivity contribution in [3.05, 3.63) is 24.2 Å². The van der Waals surface area contributed by atoms with Crippen LogP contribution in [0.1, 0.15) is 45.4 Å². The Morgan fingerprint density at radius 3 is 2.56 bits per heavy atom. The van der Waals surface area contributed by atoms with Crippen LogP contribution in [0.5, 0.6) is 0 Å². The molecule has 3 unspecified atom stereocenters. The third-order valence-electron chi connectivity index (χ3n) is 5.83. The second-order valence-electron chi connectivity index (χ2n) is 8.00. The lowest BCUT2D eigenvalue weighted by Crippen LogP contribution is -2.48. The van der Waals surface area contributed by atoms with Crippen LogP contribution in [0.4, 0.5) is 0 Å². The molecule has 0 spiro atoms. The minimum Gasteiger partial charge on any atom is -0.468 e. The van der Waals surface area contributed by atoms with Gasteiger partial charge in [-0.15, -0.1) is 24.0 Å². The molecule has 0 bridgehead atoms. The zero-order valence-electron chi connectivity index (χ0n) is 17.1. The van der Waals surface area contributed by atoms with E-state index >= 15 is 0 Å². The molecule has 0 amide bonds. The number of nitrogens with one attached hydrogen (secondary N) is 2. The van der Waals surface area contributed by atoms with Crippen LogP contribution >= 0.6 is 24.0 Å². The van der Waals surface area contributed by atoms with Crippen LogP contribution in [0.25, 0.3) is 0 Å². The summed E-state index contributed by atoms with van der Waals surface area (Å²) >= 11 is 0. The highest BCUT2D eigenvalue weighted by Crippen LogP contribution is 2.25. The molecule has 1 aromatic rings. The first-order valence-electron chi connectivity index (χ1n) is 10.1. The van der Waals surface area contributed by atoms with Gasteiger partial charge in [0.15, 0.2) is 5.96 Å². The molecule has 2 aliphatic heterocycles. The fourth-order valence-corrected chi connectivity index (χ4v) is 4.12. The molecule has 154 valence electrons. The zero-order valence-corrected chi connectivity index (χ0v) is 19.5. The molecule has 3 atom stereocenters. The van der Waals surface area contributed by atoms with Crippen molar-refractivity contribution in [3.63, 3.8) is 0 Å². The number of rotatable bonds is 6. The molecule has 6 nitrogen and oxygen atoms in total. The molecule has 27 heavy (non-hydrogen) atoms. The fraction of sp³-hybridized carbons (Fsp3) is 0.750. The Morgan fingerprint density at radius 2 is 2.00 bits per heavy atom. The quantitative estimate of drug-likeness (QED) is 0.366. The number of hydrogen-bond acceptors (Lipinski definition) is 4. The van der Waals surface area contributed by atoms with E-state index in [2.05, 4.69) is 52.3 Å². The zero-order chi connectivity index (χ0) is 18.5. The Kier molecular flexibility index (Phi) is 8.88. The van der Waals surface area contributed by atoms with Gasteiger partial charge < -0.3 is 15.1 Å². The van der Waals surface area contributed by atoms with Gasteiger partial charge in [0.1, 0.15) is 5.76 Å². The molecule has 0 radical (unpaired) electrons. The lowest BCUT2D eigenvalue weighted by molar-refractivity contribution is 0.215. The first-order valence-corrected chi connectivity index (χ1v) is 10.1. The van der Waals surface area contributed by atoms with E-state index < -0.39 is 0 Å². The van der Waals surface area contributed by atoms with Crippen LogP contribution in [0.3, 0.4) is 0 Å². The van der Waals surface area contributed by atoms with Gasteiger partial charge in [-0.3, -0.25) is 14.8 Å². The SMILES string of the molecule is CN=C(NCC(c1ccco1)N1CCCC1)NC1CN(C(C)C)CC1C.I. The highest BCUT2D eigenvalue weighted by atomic mass is 127. The smallest absolute Gasteiger partial charge is 0.191 e. The highest BCUT2D eigenvalue weighted by Gasteiger charge is 2.32. The predicted octanol–water partition coefficient (Wildman–Crippen LogP) is 2.93. The minimum atomic E-state index is 0. The molecule has 2 fully saturated rings. The highest BCUT2D eigenvalue weighted by molar-refractivity contribution is 14.0. The number of furan rings is 1. The topological polar surface area (TPSA) is 56.0 Å². The van der Waals surface area contributed by atoms with Crippen LogP contribution in [0, 0.1) is 5.92 Å². The minimum absolute atomic E-state index is 0. The fourth-order valence-electron chi connectivity index (χ4n) is 4.12. The van der Waals surface area contributed by atoms with E-state index in [4.69, 9.17) is 4.42 Å². The lowest BCUT2D eigenvalue weighted by atomic mass is 10.1. The van der Waals surface area contributed by atoms with Crippen LogP contribution in [0.15, 0.2) is 27.8 Å². The van der Waals surface area contributed by atoms with Gasteiger partial charge in [0.2, 0.25) is 0 Å². The van der Waals surface area contributed by atoms with E-state index in [1.54, 1.807) is 6.26 Å².